The molecule has 3 heterocycles. The van der Waals surface area contributed by atoms with Gasteiger partial charge in [0.15, 0.2) is 5.60 Å². The van der Waals surface area contributed by atoms with E-state index in [1.54, 1.807) is 29.0 Å². The minimum Gasteiger partial charge on any atom is -0.466 e. The van der Waals surface area contributed by atoms with Crippen LogP contribution in [0.1, 0.15) is 24.2 Å². The van der Waals surface area contributed by atoms with Crippen LogP contribution in [0.4, 0.5) is 5.69 Å². The van der Waals surface area contributed by atoms with E-state index < -0.39 is 15.6 Å². The average molecular weight is 447 g/mol. The number of aliphatic hydroxyl groups is 1. The van der Waals surface area contributed by atoms with Crippen molar-refractivity contribution in [1.29, 1.82) is 0 Å². The molecule has 2 amide bonds. The van der Waals surface area contributed by atoms with Crippen LogP contribution in [0.2, 0.25) is 0 Å². The van der Waals surface area contributed by atoms with Crippen molar-refractivity contribution in [3.8, 4) is 0 Å². The smallest absolute Gasteiger partial charge is 0.240 e. The van der Waals surface area contributed by atoms with Crippen LogP contribution in [0.15, 0.2) is 68.8 Å². The number of sulfonamides is 1. The summed E-state index contributed by atoms with van der Waals surface area (Å²) in [5, 5.41) is 14.7. The first-order chi connectivity index (χ1) is 14.3. The number of anilines is 1. The summed E-state index contributed by atoms with van der Waals surface area (Å²) < 4.78 is 33.3. The molecule has 0 saturated carbocycles. The van der Waals surface area contributed by atoms with Crippen molar-refractivity contribution >= 4 is 38.9 Å². The fourth-order valence-corrected chi connectivity index (χ4v) is 5.05. The summed E-state index contributed by atoms with van der Waals surface area (Å²) in [7, 11) is -3.98. The van der Waals surface area contributed by atoms with Gasteiger partial charge in [-0.25, -0.2) is 13.1 Å². The molecule has 0 radical (unpaired) electrons. The first kappa shape index (κ1) is 20.5. The number of thiophene rings is 1. The molecule has 4 rings (SSSR count). The van der Waals surface area contributed by atoms with E-state index in [1.165, 1.54) is 41.9 Å². The van der Waals surface area contributed by atoms with Crippen LogP contribution in [0.5, 0.6) is 0 Å². The van der Waals surface area contributed by atoms with E-state index in [-0.39, 0.29) is 41.9 Å². The highest BCUT2D eigenvalue weighted by Crippen LogP contribution is 2.31. The Balaban J connectivity index is 1.55. The highest BCUT2D eigenvalue weighted by atomic mass is 32.2. The summed E-state index contributed by atoms with van der Waals surface area (Å²) in [6.07, 6.45) is 1.70. The molecule has 1 aromatic carbocycles. The molecule has 0 spiro atoms. The van der Waals surface area contributed by atoms with Gasteiger partial charge in [0.2, 0.25) is 21.8 Å². The Morgan fingerprint density at radius 3 is 2.37 bits per heavy atom. The van der Waals surface area contributed by atoms with Gasteiger partial charge in [0, 0.05) is 18.4 Å². The number of nitrogens with one attached hydrogen (secondary N) is 1. The zero-order valence-corrected chi connectivity index (χ0v) is 17.3. The van der Waals surface area contributed by atoms with Crippen LogP contribution >= 0.6 is 11.3 Å². The highest BCUT2D eigenvalue weighted by Gasteiger charge is 2.36. The molecule has 30 heavy (non-hydrogen) atoms. The number of hydrogen-bond acceptors (Lipinski definition) is 7. The normalized spacial score (nSPS) is 16.8. The summed E-state index contributed by atoms with van der Waals surface area (Å²) in [4.78, 5) is 24.7. The molecule has 8 nitrogen and oxygen atoms in total. The van der Waals surface area contributed by atoms with Gasteiger partial charge >= 0.3 is 0 Å². The van der Waals surface area contributed by atoms with Gasteiger partial charge in [-0.1, -0.05) is 0 Å². The number of furan rings is 1. The van der Waals surface area contributed by atoms with Gasteiger partial charge in [-0.3, -0.25) is 14.5 Å². The topological polar surface area (TPSA) is 117 Å². The second-order valence-corrected chi connectivity index (χ2v) is 9.34. The van der Waals surface area contributed by atoms with Crippen LogP contribution in [0, 0.1) is 0 Å². The van der Waals surface area contributed by atoms with Gasteiger partial charge in [0.1, 0.15) is 5.76 Å². The molecule has 10 heteroatoms. The lowest BCUT2D eigenvalue weighted by atomic mass is 9.94. The van der Waals surface area contributed by atoms with Crippen molar-refractivity contribution in [1.82, 2.24) is 4.72 Å². The zero-order chi connectivity index (χ0) is 21.4. The molecule has 1 aliphatic rings. The Labute approximate surface area is 176 Å². The molecule has 1 saturated heterocycles. The lowest BCUT2D eigenvalue weighted by Crippen LogP contribution is -2.41. The van der Waals surface area contributed by atoms with E-state index >= 15 is 0 Å². The number of imide groups is 1. The number of hydrogen-bond donors (Lipinski definition) is 2. The van der Waals surface area contributed by atoms with Crippen LogP contribution in [-0.2, 0) is 25.2 Å². The zero-order valence-electron chi connectivity index (χ0n) is 15.6. The molecule has 1 aliphatic heterocycles. The molecule has 2 N–H and O–H groups in total. The lowest BCUT2D eigenvalue weighted by molar-refractivity contribution is -0.121. The first-order valence-corrected chi connectivity index (χ1v) is 11.5. The number of carbonyl (C=O) groups excluding carboxylic acids is 2. The minimum atomic E-state index is -3.98. The van der Waals surface area contributed by atoms with Crippen LogP contribution in [0.3, 0.4) is 0 Å². The van der Waals surface area contributed by atoms with E-state index in [0.29, 0.717) is 11.3 Å². The third-order valence-electron chi connectivity index (χ3n) is 4.90. The first-order valence-electron chi connectivity index (χ1n) is 9.06. The molecule has 1 unspecified atom stereocenters. The summed E-state index contributed by atoms with van der Waals surface area (Å²) >= 11 is 1.37. The predicted octanol–water partition coefficient (Wildman–Crippen LogP) is 2.21. The van der Waals surface area contributed by atoms with E-state index in [0.717, 1.165) is 4.90 Å². The highest BCUT2D eigenvalue weighted by molar-refractivity contribution is 7.89. The summed E-state index contributed by atoms with van der Waals surface area (Å²) in [6.45, 7) is -0.343. The second-order valence-electron chi connectivity index (χ2n) is 6.79. The lowest BCUT2D eigenvalue weighted by Gasteiger charge is -2.25. The third-order valence-corrected chi connectivity index (χ3v) is 7.00. The van der Waals surface area contributed by atoms with Crippen LogP contribution in [0.25, 0.3) is 0 Å². The average Bonchev–Trinajstić information content (AvgIpc) is 3.50. The molecule has 3 aromatic rings. The van der Waals surface area contributed by atoms with Gasteiger partial charge in [-0.2, -0.15) is 11.3 Å². The molecule has 1 fully saturated rings. The third kappa shape index (κ3) is 3.70. The Kier molecular flexibility index (Phi) is 5.33. The van der Waals surface area contributed by atoms with Gasteiger partial charge in [0.25, 0.3) is 0 Å². The van der Waals surface area contributed by atoms with Crippen LogP contribution < -0.4 is 9.62 Å². The van der Waals surface area contributed by atoms with Crippen LogP contribution in [-0.4, -0.2) is 31.9 Å². The van der Waals surface area contributed by atoms with Crippen molar-refractivity contribution in [3.05, 3.63) is 70.8 Å². The number of nitrogens with zero attached hydrogens (tertiary/aromatic N) is 1. The monoisotopic (exact) mass is 446 g/mol. The van der Waals surface area contributed by atoms with Crippen molar-refractivity contribution < 1.29 is 27.5 Å². The maximum Gasteiger partial charge on any atom is 0.240 e. The molecule has 0 aliphatic carbocycles. The fraction of sp³-hybridized carbons (Fsp3) is 0.200. The predicted molar refractivity (Wildman–Crippen MR) is 109 cm³/mol. The standard InChI is InChI=1S/C20H18N2O6S2/c23-18-7-8-19(24)22(18)15-3-5-16(6-4-15)30(26,27)21-13-20(25,14-9-11-29-12-14)17-2-1-10-28-17/h1-6,9-12,21,25H,7-8,13H2. The number of rotatable bonds is 7. The molecule has 0 bridgehead atoms. The summed E-state index contributed by atoms with van der Waals surface area (Å²) in [6, 6.07) is 10.3. The number of carbonyl (C=O) groups is 2. The maximum atomic E-state index is 12.8. The molecular weight excluding hydrogens is 428 g/mol. The van der Waals surface area contributed by atoms with Crippen molar-refractivity contribution in [2.24, 2.45) is 0 Å². The minimum absolute atomic E-state index is 0.0579. The van der Waals surface area contributed by atoms with E-state index in [4.69, 9.17) is 4.42 Å². The van der Waals surface area contributed by atoms with Crippen molar-refractivity contribution in [2.75, 3.05) is 11.4 Å². The Bertz CT molecular complexity index is 1100. The molecule has 156 valence electrons. The fourth-order valence-electron chi connectivity index (χ4n) is 3.27. The summed E-state index contributed by atoms with van der Waals surface area (Å²) in [5.41, 5.74) is -0.844. The number of amides is 2. The Morgan fingerprint density at radius 2 is 1.80 bits per heavy atom. The molecular formula is C20H18N2O6S2. The number of benzene rings is 1. The summed E-state index contributed by atoms with van der Waals surface area (Å²) in [5.74, 6) is -0.411. The largest absolute Gasteiger partial charge is 0.466 e. The quantitative estimate of drug-likeness (QED) is 0.538. The van der Waals surface area contributed by atoms with E-state index in [1.807, 2.05) is 0 Å². The Morgan fingerprint density at radius 1 is 1.10 bits per heavy atom. The van der Waals surface area contributed by atoms with Gasteiger partial charge in [-0.05, 0) is 53.2 Å². The second kappa shape index (κ2) is 7.80. The van der Waals surface area contributed by atoms with E-state index in [9.17, 15) is 23.1 Å². The maximum absolute atomic E-state index is 12.8. The Hall–Kier alpha value is -2.79. The van der Waals surface area contributed by atoms with Gasteiger partial charge in [0.05, 0.1) is 23.4 Å². The van der Waals surface area contributed by atoms with Gasteiger partial charge < -0.3 is 9.52 Å². The molecule has 2 aromatic heterocycles. The SMILES string of the molecule is O=C1CCC(=O)N1c1ccc(S(=O)(=O)NCC(O)(c2ccsc2)c2ccco2)cc1. The van der Waals surface area contributed by atoms with Crippen molar-refractivity contribution in [3.63, 3.8) is 0 Å². The van der Waals surface area contributed by atoms with E-state index in [2.05, 4.69) is 4.72 Å². The van der Waals surface area contributed by atoms with Gasteiger partial charge in [-0.15, -0.1) is 0 Å². The molecule has 1 atom stereocenters. The van der Waals surface area contributed by atoms with Crippen molar-refractivity contribution in [2.45, 2.75) is 23.3 Å².